The summed E-state index contributed by atoms with van der Waals surface area (Å²) in [7, 11) is 0. The number of H-pyrrole nitrogens is 1. The highest BCUT2D eigenvalue weighted by molar-refractivity contribution is 5.98. The van der Waals surface area contributed by atoms with Gasteiger partial charge in [0.05, 0.1) is 0 Å². The van der Waals surface area contributed by atoms with Crippen LogP contribution in [0.5, 0.6) is 5.75 Å². The molecule has 1 aliphatic heterocycles. The third-order valence-corrected chi connectivity index (χ3v) is 4.30. The summed E-state index contributed by atoms with van der Waals surface area (Å²) < 4.78 is 40.9. The number of nitrogens with zero attached hydrogens (tertiary/aromatic N) is 1. The highest BCUT2D eigenvalue weighted by Crippen LogP contribution is 2.27. The molecule has 6 nitrogen and oxygen atoms in total. The fraction of sp³-hybridized carbons (Fsp3) is 0.333. The Morgan fingerprint density at radius 2 is 2.11 bits per heavy atom. The molecule has 0 spiro atoms. The van der Waals surface area contributed by atoms with Crippen molar-refractivity contribution in [2.24, 2.45) is 0 Å². The molecule has 3 rings (SSSR count). The van der Waals surface area contributed by atoms with Crippen molar-refractivity contribution >= 4 is 22.7 Å². The number of aromatic amines is 1. The number of halogens is 3. The van der Waals surface area contributed by atoms with Crippen molar-refractivity contribution in [3.8, 4) is 5.75 Å². The third-order valence-electron chi connectivity index (χ3n) is 4.30. The van der Waals surface area contributed by atoms with Crippen LogP contribution in [0, 0.1) is 0 Å². The second-order valence-corrected chi connectivity index (χ2v) is 6.28. The molecule has 1 atom stereocenters. The van der Waals surface area contributed by atoms with Gasteiger partial charge in [0.15, 0.2) is 0 Å². The third kappa shape index (κ3) is 4.60. The molecular formula is C18H18F3N3O3. The van der Waals surface area contributed by atoms with Gasteiger partial charge in [-0.3, -0.25) is 9.59 Å². The Hall–Kier alpha value is -2.97. The van der Waals surface area contributed by atoms with Crippen LogP contribution in [0.3, 0.4) is 0 Å². The van der Waals surface area contributed by atoms with Gasteiger partial charge in [0.25, 0.3) is 5.91 Å². The Kier molecular flexibility index (Phi) is 5.11. The molecule has 9 heteroatoms. The molecule has 144 valence electrons. The smallest absolute Gasteiger partial charge is 0.406 e. The summed E-state index contributed by atoms with van der Waals surface area (Å²) in [5.74, 6) is -0.930. The number of hydrogen-bond donors (Lipinski definition) is 2. The number of alkyl halides is 3. The lowest BCUT2D eigenvalue weighted by molar-refractivity contribution is -0.274. The predicted octanol–water partition coefficient (Wildman–Crippen LogP) is 2.97. The molecule has 2 aromatic rings. The number of likely N-dealkylation sites (tertiary alicyclic amines) is 1. The van der Waals surface area contributed by atoms with Crippen LogP contribution in [0.4, 0.5) is 13.2 Å². The Bertz CT molecular complexity index is 876. The number of piperidine rings is 1. The first-order valence-electron chi connectivity index (χ1n) is 8.36. The topological polar surface area (TPSA) is 74.4 Å². The van der Waals surface area contributed by atoms with E-state index in [1.54, 1.807) is 11.0 Å². The molecule has 2 heterocycles. The average molecular weight is 381 g/mol. The van der Waals surface area contributed by atoms with Crippen molar-refractivity contribution in [1.29, 1.82) is 0 Å². The number of amides is 2. The van der Waals surface area contributed by atoms with Crippen molar-refractivity contribution in [3.63, 3.8) is 0 Å². The van der Waals surface area contributed by atoms with Crippen molar-refractivity contribution in [2.75, 3.05) is 13.1 Å². The van der Waals surface area contributed by atoms with Gasteiger partial charge in [-0.1, -0.05) is 6.58 Å². The summed E-state index contributed by atoms with van der Waals surface area (Å²) in [5, 5.41) is 3.37. The highest BCUT2D eigenvalue weighted by atomic mass is 19.4. The van der Waals surface area contributed by atoms with Gasteiger partial charge in [0.2, 0.25) is 5.91 Å². The van der Waals surface area contributed by atoms with Crippen molar-refractivity contribution in [3.05, 3.63) is 42.6 Å². The van der Waals surface area contributed by atoms with Crippen LogP contribution in [0.1, 0.15) is 23.3 Å². The van der Waals surface area contributed by atoms with Crippen LogP contribution in [-0.2, 0) is 4.79 Å². The maximum atomic E-state index is 12.7. The molecule has 1 aromatic carbocycles. The van der Waals surface area contributed by atoms with Crippen molar-refractivity contribution in [2.45, 2.75) is 25.2 Å². The highest BCUT2D eigenvalue weighted by Gasteiger charge is 2.31. The average Bonchev–Trinajstić information content (AvgIpc) is 3.03. The number of nitrogens with one attached hydrogen (secondary N) is 2. The van der Waals surface area contributed by atoms with Crippen LogP contribution in [0.25, 0.3) is 10.9 Å². The van der Waals surface area contributed by atoms with Gasteiger partial charge in [0.1, 0.15) is 11.4 Å². The molecule has 27 heavy (non-hydrogen) atoms. The minimum atomic E-state index is -4.78. The molecule has 2 amide bonds. The summed E-state index contributed by atoms with van der Waals surface area (Å²) in [6, 6.07) is 5.26. The molecule has 1 fully saturated rings. The van der Waals surface area contributed by atoms with Gasteiger partial charge >= 0.3 is 6.36 Å². The van der Waals surface area contributed by atoms with Crippen molar-refractivity contribution < 1.29 is 27.5 Å². The maximum absolute atomic E-state index is 12.7. The van der Waals surface area contributed by atoms with E-state index in [1.807, 2.05) is 0 Å². The zero-order valence-electron chi connectivity index (χ0n) is 14.3. The lowest BCUT2D eigenvalue weighted by Gasteiger charge is -2.32. The molecule has 0 bridgehead atoms. The molecule has 1 aromatic heterocycles. The normalized spacial score (nSPS) is 17.6. The van der Waals surface area contributed by atoms with E-state index < -0.39 is 6.36 Å². The van der Waals surface area contributed by atoms with Gasteiger partial charge in [0, 0.05) is 36.1 Å². The number of benzene rings is 1. The fourth-order valence-electron chi connectivity index (χ4n) is 3.13. The van der Waals surface area contributed by atoms with E-state index in [-0.39, 0.29) is 29.3 Å². The van der Waals surface area contributed by atoms with Crippen LogP contribution in [-0.4, -0.2) is 47.2 Å². The molecular weight excluding hydrogens is 363 g/mol. The zero-order valence-corrected chi connectivity index (χ0v) is 14.3. The van der Waals surface area contributed by atoms with Crippen LogP contribution in [0.2, 0.25) is 0 Å². The first-order chi connectivity index (χ1) is 12.7. The van der Waals surface area contributed by atoms with E-state index in [4.69, 9.17) is 0 Å². The van der Waals surface area contributed by atoms with E-state index in [9.17, 15) is 22.8 Å². The lowest BCUT2D eigenvalue weighted by atomic mass is 10.1. The Morgan fingerprint density at radius 3 is 2.81 bits per heavy atom. The van der Waals surface area contributed by atoms with Gasteiger partial charge in [-0.25, -0.2) is 0 Å². The number of fused-ring (bicyclic) bond motifs is 1. The largest absolute Gasteiger partial charge is 0.573 e. The van der Waals surface area contributed by atoms with Gasteiger partial charge in [-0.15, -0.1) is 13.2 Å². The van der Waals surface area contributed by atoms with E-state index >= 15 is 0 Å². The summed E-state index contributed by atoms with van der Waals surface area (Å²) in [6.07, 6.45) is -2.11. The monoisotopic (exact) mass is 381 g/mol. The first kappa shape index (κ1) is 18.8. The molecule has 0 radical (unpaired) electrons. The number of aromatic nitrogens is 1. The van der Waals surface area contributed by atoms with Crippen LogP contribution in [0.15, 0.2) is 36.9 Å². The van der Waals surface area contributed by atoms with E-state index in [2.05, 4.69) is 21.6 Å². The number of carbonyl (C=O) groups is 2. The van der Waals surface area contributed by atoms with Gasteiger partial charge in [-0.05, 0) is 37.1 Å². The molecule has 0 aliphatic carbocycles. The second-order valence-electron chi connectivity index (χ2n) is 6.28. The zero-order chi connectivity index (χ0) is 19.6. The minimum Gasteiger partial charge on any atom is -0.406 e. The number of rotatable bonds is 4. The standard InChI is InChI=1S/C18H18F3N3O3/c1-2-16(25)22-12-4-3-7-24(10-12)17(26)15-8-11-5-6-13(9-14(11)23-15)27-18(19,20)21/h2,5-6,8-9,12,23H,1,3-4,7,10H2,(H,22,25)/t12-/m1/s1. The molecule has 2 N–H and O–H groups in total. The number of carbonyl (C=O) groups excluding carboxylic acids is 2. The Labute approximate surface area is 153 Å². The Balaban J connectivity index is 1.75. The van der Waals surface area contributed by atoms with Crippen molar-refractivity contribution in [1.82, 2.24) is 15.2 Å². The predicted molar refractivity (Wildman–Crippen MR) is 92.2 cm³/mol. The van der Waals surface area contributed by atoms with Crippen LogP contribution >= 0.6 is 0 Å². The number of hydrogen-bond acceptors (Lipinski definition) is 3. The quantitative estimate of drug-likeness (QED) is 0.800. The van der Waals surface area contributed by atoms with Crippen LogP contribution < -0.4 is 10.1 Å². The second kappa shape index (κ2) is 7.34. The first-order valence-corrected chi connectivity index (χ1v) is 8.36. The van der Waals surface area contributed by atoms with E-state index in [0.717, 1.165) is 12.8 Å². The molecule has 0 unspecified atom stereocenters. The SMILES string of the molecule is C=CC(=O)N[C@@H]1CCCN(C(=O)c2cc3ccc(OC(F)(F)F)cc3[nH]2)C1. The summed E-state index contributed by atoms with van der Waals surface area (Å²) in [5.41, 5.74) is 0.637. The summed E-state index contributed by atoms with van der Waals surface area (Å²) >= 11 is 0. The minimum absolute atomic E-state index is 0.163. The maximum Gasteiger partial charge on any atom is 0.573 e. The van der Waals surface area contributed by atoms with E-state index in [0.29, 0.717) is 24.0 Å². The van der Waals surface area contributed by atoms with E-state index in [1.165, 1.54) is 24.3 Å². The summed E-state index contributed by atoms with van der Waals surface area (Å²) in [4.78, 5) is 28.6. The number of ether oxygens (including phenoxy) is 1. The van der Waals surface area contributed by atoms with Gasteiger partial charge < -0.3 is 19.9 Å². The summed E-state index contributed by atoms with van der Waals surface area (Å²) in [6.45, 7) is 4.30. The van der Waals surface area contributed by atoms with Gasteiger partial charge in [-0.2, -0.15) is 0 Å². The fourth-order valence-corrected chi connectivity index (χ4v) is 3.13. The Morgan fingerprint density at radius 1 is 1.33 bits per heavy atom. The molecule has 0 saturated carbocycles. The molecule has 1 saturated heterocycles. The lowest BCUT2D eigenvalue weighted by Crippen LogP contribution is -2.49. The molecule has 1 aliphatic rings.